The maximum absolute atomic E-state index is 14.7. The van der Waals surface area contributed by atoms with Crippen LogP contribution in [0.25, 0.3) is 10.8 Å². The minimum absolute atomic E-state index is 0.00760. The Morgan fingerprint density at radius 1 is 1.23 bits per heavy atom. The number of aliphatic hydroxyl groups is 1. The van der Waals surface area contributed by atoms with Crippen molar-refractivity contribution in [2.75, 3.05) is 46.8 Å². The third-order valence-corrected chi connectivity index (χ3v) is 8.95. The van der Waals surface area contributed by atoms with Crippen molar-refractivity contribution >= 4 is 44.0 Å². The molecule has 2 N–H and O–H groups in total. The lowest BCUT2D eigenvalue weighted by atomic mass is 9.88. The summed E-state index contributed by atoms with van der Waals surface area (Å²) in [6, 6.07) is 6.32. The van der Waals surface area contributed by atoms with Crippen molar-refractivity contribution in [3.63, 3.8) is 0 Å². The third-order valence-electron chi connectivity index (χ3n) is 7.91. The van der Waals surface area contributed by atoms with Crippen LogP contribution in [0.1, 0.15) is 45.6 Å². The molecule has 2 aromatic heterocycles. The standard InChI is InChI=1S/C27H36FN7O3S/c1-16(2)19-6-7-22(35-12-18(17(35)3)13-39(5,37)38)21-11-29-24(10-20(19)21)32-25-30-15-31-26(33-25)34-9-8-23(36)27(4,28)14-34/h6-7,10-11,15-18,23,36H,8-9,12-14H2,1-5H3,(H,29,30,31,32,33)/t17-,18-,23+,27+/m1/s1. The SMILES string of the molecule is CC(C)c1ccc(N2C[C@H](CS(C)(=O)=O)[C@H]2C)c2cnc(Nc3ncnc(N4CC[C@H](O)[C@@](C)(F)C4)n3)cc12. The van der Waals surface area contributed by atoms with Gasteiger partial charge in [0.15, 0.2) is 5.67 Å². The number of hydrogen-bond acceptors (Lipinski definition) is 10. The normalized spacial score (nSPS) is 25.7. The number of sulfone groups is 1. The molecule has 12 heteroatoms. The van der Waals surface area contributed by atoms with E-state index in [1.54, 1.807) is 4.90 Å². The van der Waals surface area contributed by atoms with E-state index in [1.165, 1.54) is 25.1 Å². The Bertz CT molecular complexity index is 1480. The molecule has 4 atom stereocenters. The number of alkyl halides is 1. The van der Waals surface area contributed by atoms with Gasteiger partial charge in [-0.25, -0.2) is 27.8 Å². The molecule has 0 amide bonds. The zero-order valence-corrected chi connectivity index (χ0v) is 23.8. The molecule has 1 aromatic carbocycles. The van der Waals surface area contributed by atoms with Gasteiger partial charge in [0.2, 0.25) is 11.9 Å². The summed E-state index contributed by atoms with van der Waals surface area (Å²) in [7, 11) is -3.03. The number of benzene rings is 1. The molecule has 5 rings (SSSR count). The topological polar surface area (TPSA) is 124 Å². The lowest BCUT2D eigenvalue weighted by molar-refractivity contribution is -0.00860. The van der Waals surface area contributed by atoms with Crippen molar-refractivity contribution in [2.24, 2.45) is 5.92 Å². The highest BCUT2D eigenvalue weighted by Crippen LogP contribution is 2.39. The van der Waals surface area contributed by atoms with Crippen LogP contribution < -0.4 is 15.1 Å². The van der Waals surface area contributed by atoms with E-state index in [0.717, 1.165) is 16.5 Å². The maximum Gasteiger partial charge on any atom is 0.233 e. The number of fused-ring (bicyclic) bond motifs is 1. The molecule has 4 heterocycles. The number of pyridine rings is 1. The molecule has 0 saturated carbocycles. The van der Waals surface area contributed by atoms with Gasteiger partial charge in [-0.15, -0.1) is 0 Å². The lowest BCUT2D eigenvalue weighted by Gasteiger charge is -2.48. The van der Waals surface area contributed by atoms with Crippen LogP contribution in [-0.4, -0.2) is 82.9 Å². The number of anilines is 4. The van der Waals surface area contributed by atoms with E-state index in [9.17, 15) is 17.9 Å². The number of halogens is 1. The largest absolute Gasteiger partial charge is 0.390 e. The third kappa shape index (κ3) is 5.62. The minimum atomic E-state index is -3.03. The number of piperidine rings is 1. The van der Waals surface area contributed by atoms with Gasteiger partial charge in [-0.05, 0) is 49.3 Å². The summed E-state index contributed by atoms with van der Waals surface area (Å²) in [4.78, 5) is 21.5. The lowest BCUT2D eigenvalue weighted by Crippen LogP contribution is -2.57. The van der Waals surface area contributed by atoms with Gasteiger partial charge in [0.1, 0.15) is 22.0 Å². The molecule has 39 heavy (non-hydrogen) atoms. The van der Waals surface area contributed by atoms with Crippen LogP contribution in [0.2, 0.25) is 0 Å². The summed E-state index contributed by atoms with van der Waals surface area (Å²) in [5, 5.41) is 15.2. The first kappa shape index (κ1) is 27.4. The molecule has 0 spiro atoms. The highest BCUT2D eigenvalue weighted by atomic mass is 32.2. The van der Waals surface area contributed by atoms with Crippen LogP contribution >= 0.6 is 0 Å². The zero-order valence-electron chi connectivity index (χ0n) is 23.0. The second-order valence-corrected chi connectivity index (χ2v) is 13.6. The summed E-state index contributed by atoms with van der Waals surface area (Å²) in [6.45, 7) is 8.86. The van der Waals surface area contributed by atoms with Gasteiger partial charge in [-0.1, -0.05) is 19.9 Å². The fourth-order valence-electron chi connectivity index (χ4n) is 5.58. The Balaban J connectivity index is 1.41. The fourth-order valence-corrected chi connectivity index (χ4v) is 6.74. The van der Waals surface area contributed by atoms with Crippen LogP contribution in [0, 0.1) is 5.92 Å². The predicted molar refractivity (Wildman–Crippen MR) is 151 cm³/mol. The molecule has 0 radical (unpaired) electrons. The molecule has 2 aliphatic heterocycles. The van der Waals surface area contributed by atoms with Crippen LogP contribution in [0.15, 0.2) is 30.7 Å². The van der Waals surface area contributed by atoms with E-state index in [2.05, 4.69) is 63.1 Å². The van der Waals surface area contributed by atoms with Crippen molar-refractivity contribution in [3.8, 4) is 0 Å². The molecule has 0 bridgehead atoms. The van der Waals surface area contributed by atoms with Crippen LogP contribution in [-0.2, 0) is 9.84 Å². The molecule has 2 fully saturated rings. The number of hydrogen-bond donors (Lipinski definition) is 2. The Hall–Kier alpha value is -3.12. The van der Waals surface area contributed by atoms with Crippen LogP contribution in [0.4, 0.5) is 27.8 Å². The van der Waals surface area contributed by atoms with Crippen molar-refractivity contribution in [2.45, 2.75) is 57.8 Å². The second kappa shape index (κ2) is 10.1. The summed E-state index contributed by atoms with van der Waals surface area (Å²) in [5.41, 5.74) is 0.461. The van der Waals surface area contributed by atoms with E-state index in [4.69, 9.17) is 0 Å². The quantitative estimate of drug-likeness (QED) is 0.446. The summed E-state index contributed by atoms with van der Waals surface area (Å²) in [6.07, 6.45) is 3.77. The van der Waals surface area contributed by atoms with E-state index in [0.29, 0.717) is 37.2 Å². The van der Waals surface area contributed by atoms with Crippen LogP contribution in [0.5, 0.6) is 0 Å². The average Bonchev–Trinajstić information content (AvgIpc) is 2.86. The predicted octanol–water partition coefficient (Wildman–Crippen LogP) is 3.46. The van der Waals surface area contributed by atoms with E-state index >= 15 is 0 Å². The fraction of sp³-hybridized carbons (Fsp3) is 0.556. The van der Waals surface area contributed by atoms with Crippen molar-refractivity contribution in [3.05, 3.63) is 36.3 Å². The van der Waals surface area contributed by atoms with Gasteiger partial charge in [-0.3, -0.25) is 0 Å². The Morgan fingerprint density at radius 3 is 2.67 bits per heavy atom. The van der Waals surface area contributed by atoms with Gasteiger partial charge in [0, 0.05) is 48.6 Å². The van der Waals surface area contributed by atoms with Gasteiger partial charge < -0.3 is 20.2 Å². The molecule has 210 valence electrons. The molecular weight excluding hydrogens is 521 g/mol. The monoisotopic (exact) mass is 557 g/mol. The first-order valence-electron chi connectivity index (χ1n) is 13.3. The smallest absolute Gasteiger partial charge is 0.233 e. The Labute approximate surface area is 228 Å². The van der Waals surface area contributed by atoms with E-state index < -0.39 is 21.6 Å². The van der Waals surface area contributed by atoms with Crippen molar-refractivity contribution in [1.29, 1.82) is 0 Å². The second-order valence-electron chi connectivity index (χ2n) is 11.4. The molecule has 0 unspecified atom stereocenters. The average molecular weight is 558 g/mol. The molecule has 10 nitrogen and oxygen atoms in total. The first-order valence-corrected chi connectivity index (χ1v) is 15.3. The molecule has 3 aromatic rings. The minimum Gasteiger partial charge on any atom is -0.390 e. The van der Waals surface area contributed by atoms with Gasteiger partial charge in [0.25, 0.3) is 0 Å². The number of nitrogens with one attached hydrogen (secondary N) is 1. The van der Waals surface area contributed by atoms with Gasteiger partial charge in [-0.2, -0.15) is 4.98 Å². The Kier molecular flexibility index (Phi) is 7.13. The highest BCUT2D eigenvalue weighted by Gasteiger charge is 2.40. The number of aromatic nitrogens is 4. The number of rotatable bonds is 7. The maximum atomic E-state index is 14.7. The summed E-state index contributed by atoms with van der Waals surface area (Å²) < 4.78 is 38.4. The number of nitrogens with zero attached hydrogens (tertiary/aromatic N) is 6. The van der Waals surface area contributed by atoms with E-state index in [1.807, 2.05) is 12.3 Å². The first-order chi connectivity index (χ1) is 18.3. The Morgan fingerprint density at radius 2 is 2.00 bits per heavy atom. The molecule has 2 aliphatic rings. The van der Waals surface area contributed by atoms with Crippen LogP contribution in [0.3, 0.4) is 0 Å². The molecule has 0 aliphatic carbocycles. The van der Waals surface area contributed by atoms with Gasteiger partial charge >= 0.3 is 0 Å². The zero-order chi connectivity index (χ0) is 28.1. The molecule has 2 saturated heterocycles. The van der Waals surface area contributed by atoms with Crippen molar-refractivity contribution < 1.29 is 17.9 Å². The summed E-state index contributed by atoms with van der Waals surface area (Å²) >= 11 is 0. The van der Waals surface area contributed by atoms with E-state index in [-0.39, 0.29) is 30.2 Å². The molecular formula is C27H36FN7O3S. The van der Waals surface area contributed by atoms with Crippen molar-refractivity contribution in [1.82, 2.24) is 19.9 Å². The number of aliphatic hydroxyl groups excluding tert-OH is 1. The summed E-state index contributed by atoms with van der Waals surface area (Å²) in [5.74, 6) is 1.76. The van der Waals surface area contributed by atoms with Gasteiger partial charge in [0.05, 0.1) is 18.4 Å². The highest BCUT2D eigenvalue weighted by molar-refractivity contribution is 7.90.